The van der Waals surface area contributed by atoms with Crippen LogP contribution in [-0.4, -0.2) is 4.57 Å². The maximum absolute atomic E-state index is 2.41. The standard InChI is InChI=1S/C54H41N/c1-4-55-51-16-10-9-11-45(51)50-34-43(29-30-52(50)55)39-23-27-42(28-24-39)54-48-14-7-5-12-46(48)53(47-13-6-8-15-49(47)54)41-25-21-38(22-26-41)37-17-19-40(20-18-37)44-32-35(2)31-36(3)33-44/h5-34H,4H2,1-3H3. The minimum Gasteiger partial charge on any atom is -0.341 e. The number of aryl methyl sites for hydroxylation is 3. The van der Waals surface area contributed by atoms with E-state index in [2.05, 4.69) is 207 Å². The maximum atomic E-state index is 2.41. The van der Waals surface area contributed by atoms with E-state index in [1.807, 2.05) is 0 Å². The first-order chi connectivity index (χ1) is 27.0. The summed E-state index contributed by atoms with van der Waals surface area (Å²) in [6.45, 7) is 7.51. The van der Waals surface area contributed by atoms with Gasteiger partial charge in [-0.2, -0.15) is 0 Å². The lowest BCUT2D eigenvalue weighted by atomic mass is 9.85. The monoisotopic (exact) mass is 703 g/mol. The molecule has 55 heavy (non-hydrogen) atoms. The van der Waals surface area contributed by atoms with Gasteiger partial charge in [0, 0.05) is 28.4 Å². The molecule has 0 N–H and O–H groups in total. The molecule has 9 aromatic carbocycles. The van der Waals surface area contributed by atoms with Crippen LogP contribution in [0.25, 0.3) is 99.0 Å². The quantitative estimate of drug-likeness (QED) is 0.152. The summed E-state index contributed by atoms with van der Waals surface area (Å²) >= 11 is 0. The van der Waals surface area contributed by atoms with E-state index in [0.717, 1.165) is 6.54 Å². The summed E-state index contributed by atoms with van der Waals surface area (Å²) in [5.74, 6) is 0. The highest BCUT2D eigenvalue weighted by Crippen LogP contribution is 2.44. The number of nitrogens with zero attached hydrogens (tertiary/aromatic N) is 1. The Morgan fingerprint density at radius 2 is 0.673 bits per heavy atom. The van der Waals surface area contributed by atoms with E-state index in [-0.39, 0.29) is 0 Å². The average molecular weight is 704 g/mol. The molecule has 0 radical (unpaired) electrons. The van der Waals surface area contributed by atoms with Gasteiger partial charge in [0.25, 0.3) is 0 Å². The van der Waals surface area contributed by atoms with Crippen LogP contribution in [0.5, 0.6) is 0 Å². The van der Waals surface area contributed by atoms with E-state index in [4.69, 9.17) is 0 Å². The van der Waals surface area contributed by atoms with Crippen LogP contribution in [0, 0.1) is 13.8 Å². The van der Waals surface area contributed by atoms with Gasteiger partial charge in [0.2, 0.25) is 0 Å². The molecule has 0 fully saturated rings. The van der Waals surface area contributed by atoms with Crippen molar-refractivity contribution in [3.8, 4) is 55.6 Å². The average Bonchev–Trinajstić information content (AvgIpc) is 3.55. The molecule has 0 aliphatic rings. The zero-order chi connectivity index (χ0) is 37.0. The lowest BCUT2D eigenvalue weighted by Gasteiger charge is -2.18. The number of benzene rings is 9. The molecule has 0 spiro atoms. The SMILES string of the molecule is CCn1c2ccccc2c2cc(-c3ccc(-c4c5ccccc5c(-c5ccc(-c6ccc(-c7cc(C)cc(C)c7)cc6)cc5)c5ccccc45)cc3)ccc21. The lowest BCUT2D eigenvalue weighted by Crippen LogP contribution is -1.92. The number of aromatic nitrogens is 1. The summed E-state index contributed by atoms with van der Waals surface area (Å²) < 4.78 is 2.41. The van der Waals surface area contributed by atoms with Crippen molar-refractivity contribution in [3.63, 3.8) is 0 Å². The van der Waals surface area contributed by atoms with Gasteiger partial charge in [0.1, 0.15) is 0 Å². The zero-order valence-corrected chi connectivity index (χ0v) is 31.5. The molecule has 0 unspecified atom stereocenters. The molecule has 0 atom stereocenters. The van der Waals surface area contributed by atoms with Crippen LogP contribution in [-0.2, 0) is 6.54 Å². The van der Waals surface area contributed by atoms with E-state index in [9.17, 15) is 0 Å². The predicted molar refractivity (Wildman–Crippen MR) is 237 cm³/mol. The largest absolute Gasteiger partial charge is 0.341 e. The Bertz CT molecular complexity index is 2970. The summed E-state index contributed by atoms with van der Waals surface area (Å²) in [7, 11) is 0. The van der Waals surface area contributed by atoms with Crippen molar-refractivity contribution >= 4 is 43.4 Å². The highest BCUT2D eigenvalue weighted by atomic mass is 15.0. The molecule has 0 saturated heterocycles. The molecule has 1 heteroatoms. The van der Waals surface area contributed by atoms with E-state index >= 15 is 0 Å². The van der Waals surface area contributed by atoms with Crippen LogP contribution in [0.2, 0.25) is 0 Å². The van der Waals surface area contributed by atoms with Crippen molar-refractivity contribution in [1.29, 1.82) is 0 Å². The van der Waals surface area contributed by atoms with Gasteiger partial charge in [-0.05, 0) is 116 Å². The van der Waals surface area contributed by atoms with Gasteiger partial charge in [-0.15, -0.1) is 0 Å². The van der Waals surface area contributed by atoms with Crippen LogP contribution < -0.4 is 0 Å². The Labute approximate surface area is 322 Å². The highest BCUT2D eigenvalue weighted by molar-refractivity contribution is 6.21. The van der Waals surface area contributed by atoms with Gasteiger partial charge < -0.3 is 4.57 Å². The molecule has 0 aliphatic carbocycles. The third kappa shape index (κ3) is 5.63. The normalized spacial score (nSPS) is 11.6. The van der Waals surface area contributed by atoms with Gasteiger partial charge >= 0.3 is 0 Å². The Balaban J connectivity index is 1.03. The van der Waals surface area contributed by atoms with E-state index < -0.39 is 0 Å². The molecule has 1 nitrogen and oxygen atoms in total. The second kappa shape index (κ2) is 13.3. The Morgan fingerprint density at radius 1 is 0.309 bits per heavy atom. The molecular weight excluding hydrogens is 663 g/mol. The fraction of sp³-hybridized carbons (Fsp3) is 0.0741. The van der Waals surface area contributed by atoms with Crippen LogP contribution in [0.1, 0.15) is 18.1 Å². The Morgan fingerprint density at radius 3 is 1.15 bits per heavy atom. The summed E-state index contributed by atoms with van der Waals surface area (Å²) in [6, 6.07) is 67.6. The first-order valence-electron chi connectivity index (χ1n) is 19.4. The molecular formula is C54H41N. The molecule has 262 valence electrons. The van der Waals surface area contributed by atoms with Crippen molar-refractivity contribution < 1.29 is 0 Å². The predicted octanol–water partition coefficient (Wildman–Crippen LogP) is 15.1. The minimum atomic E-state index is 0.952. The fourth-order valence-corrected chi connectivity index (χ4v) is 8.98. The maximum Gasteiger partial charge on any atom is 0.0491 e. The van der Waals surface area contributed by atoms with Crippen molar-refractivity contribution in [2.45, 2.75) is 27.3 Å². The van der Waals surface area contributed by atoms with Crippen LogP contribution in [0.15, 0.2) is 182 Å². The summed E-state index contributed by atoms with van der Waals surface area (Å²) in [6.07, 6.45) is 0. The topological polar surface area (TPSA) is 4.93 Å². The number of hydrogen-bond donors (Lipinski definition) is 0. The van der Waals surface area contributed by atoms with Crippen molar-refractivity contribution in [2.24, 2.45) is 0 Å². The molecule has 10 rings (SSSR count). The molecule has 0 bridgehead atoms. The van der Waals surface area contributed by atoms with Crippen LogP contribution >= 0.6 is 0 Å². The van der Waals surface area contributed by atoms with Gasteiger partial charge in [0.05, 0.1) is 0 Å². The number of fused-ring (bicyclic) bond motifs is 5. The van der Waals surface area contributed by atoms with Gasteiger partial charge in [-0.1, -0.05) is 175 Å². The molecule has 0 aliphatic heterocycles. The third-order valence-electron chi connectivity index (χ3n) is 11.5. The number of para-hydroxylation sites is 1. The van der Waals surface area contributed by atoms with Crippen molar-refractivity contribution in [2.75, 3.05) is 0 Å². The van der Waals surface area contributed by atoms with Gasteiger partial charge in [0.15, 0.2) is 0 Å². The highest BCUT2D eigenvalue weighted by Gasteiger charge is 2.17. The third-order valence-corrected chi connectivity index (χ3v) is 11.5. The summed E-state index contributed by atoms with van der Waals surface area (Å²) in [4.78, 5) is 0. The Hall–Kier alpha value is -6.70. The second-order valence-electron chi connectivity index (χ2n) is 14.9. The number of rotatable bonds is 6. The van der Waals surface area contributed by atoms with E-state index in [1.54, 1.807) is 0 Å². The van der Waals surface area contributed by atoms with E-state index in [0.29, 0.717) is 0 Å². The van der Waals surface area contributed by atoms with Gasteiger partial charge in [-0.3, -0.25) is 0 Å². The first kappa shape index (κ1) is 32.9. The second-order valence-corrected chi connectivity index (χ2v) is 14.9. The van der Waals surface area contributed by atoms with Crippen LogP contribution in [0.4, 0.5) is 0 Å². The molecule has 0 saturated carbocycles. The molecule has 0 amide bonds. The molecule has 10 aromatic rings. The van der Waals surface area contributed by atoms with Crippen molar-refractivity contribution in [3.05, 3.63) is 193 Å². The number of hydrogen-bond acceptors (Lipinski definition) is 0. The first-order valence-corrected chi connectivity index (χ1v) is 19.4. The zero-order valence-electron chi connectivity index (χ0n) is 31.5. The Kier molecular flexibility index (Phi) is 7.96. The molecule has 1 aromatic heterocycles. The van der Waals surface area contributed by atoms with Crippen molar-refractivity contribution in [1.82, 2.24) is 4.57 Å². The minimum absolute atomic E-state index is 0.952. The van der Waals surface area contributed by atoms with Crippen LogP contribution in [0.3, 0.4) is 0 Å². The fourth-order valence-electron chi connectivity index (χ4n) is 8.98. The molecule has 1 heterocycles. The van der Waals surface area contributed by atoms with E-state index in [1.165, 1.54) is 110 Å². The lowest BCUT2D eigenvalue weighted by molar-refractivity contribution is 0.827. The summed E-state index contributed by atoms with van der Waals surface area (Å²) in [5, 5.41) is 7.69. The smallest absolute Gasteiger partial charge is 0.0491 e. The summed E-state index contributed by atoms with van der Waals surface area (Å²) in [5.41, 5.74) is 17.6. The van der Waals surface area contributed by atoms with Gasteiger partial charge in [-0.25, -0.2) is 0 Å².